The minimum Gasteiger partial charge on any atom is -0.379 e. The summed E-state index contributed by atoms with van der Waals surface area (Å²) in [5.74, 6) is 6.43. The van der Waals surface area contributed by atoms with E-state index in [9.17, 15) is 9.59 Å². The lowest BCUT2D eigenvalue weighted by atomic mass is 10.2. The molecule has 0 aromatic rings. The minimum atomic E-state index is -2.13. The van der Waals surface area contributed by atoms with Crippen LogP contribution in [0.3, 0.4) is 0 Å². The van der Waals surface area contributed by atoms with Gasteiger partial charge in [-0.25, -0.2) is 21.3 Å². The zero-order valence-electron chi connectivity index (χ0n) is 6.84. The fraction of sp³-hybridized carbons (Fsp3) is 0.500. The third-order valence-electron chi connectivity index (χ3n) is 1.10. The van der Waals surface area contributed by atoms with Crippen LogP contribution in [0.2, 0.25) is 0 Å². The van der Waals surface area contributed by atoms with E-state index in [0.717, 1.165) is 0 Å². The van der Waals surface area contributed by atoms with Crippen molar-refractivity contribution in [2.75, 3.05) is 0 Å². The Morgan fingerprint density at radius 2 is 1.29 bits per heavy atom. The molecule has 14 heavy (non-hydrogen) atoms. The van der Waals surface area contributed by atoms with E-state index in [1.807, 2.05) is 0 Å². The molecule has 10 heteroatoms. The third kappa shape index (κ3) is 3.61. The molecular formula is C4H10N4O6. The molecule has 0 fully saturated rings. The molecule has 0 bridgehead atoms. The molecule has 0 amide bonds. The summed E-state index contributed by atoms with van der Waals surface area (Å²) >= 11 is 0. The second-order valence-corrected chi connectivity index (χ2v) is 1.97. The van der Waals surface area contributed by atoms with Crippen LogP contribution in [-0.4, -0.2) is 34.4 Å². The first-order valence-electron chi connectivity index (χ1n) is 3.23. The highest BCUT2D eigenvalue weighted by Crippen LogP contribution is 1.97. The molecule has 2 unspecified atom stereocenters. The summed E-state index contributed by atoms with van der Waals surface area (Å²) in [6.45, 7) is 0. The Kier molecular flexibility index (Phi) is 5.62. The number of carbonyl (C=O) groups is 2. The SMILES string of the molecule is NNOC(=O)C(O)C(O)C(=O)ONN. The number of hydrazine groups is 2. The fourth-order valence-corrected chi connectivity index (χ4v) is 0.495. The Hall–Kier alpha value is -1.30. The number of aliphatic hydroxyl groups excluding tert-OH is 2. The van der Waals surface area contributed by atoms with E-state index in [1.54, 1.807) is 0 Å². The predicted octanol–water partition coefficient (Wildman–Crippen LogP) is -4.45. The average Bonchev–Trinajstić information content (AvgIpc) is 2.16. The van der Waals surface area contributed by atoms with E-state index in [0.29, 0.717) is 0 Å². The topological polar surface area (TPSA) is 169 Å². The molecule has 0 saturated heterocycles. The van der Waals surface area contributed by atoms with E-state index in [4.69, 9.17) is 10.2 Å². The number of nitrogens with one attached hydrogen (secondary N) is 2. The predicted molar refractivity (Wildman–Crippen MR) is 38.8 cm³/mol. The van der Waals surface area contributed by atoms with E-state index >= 15 is 0 Å². The van der Waals surface area contributed by atoms with Gasteiger partial charge >= 0.3 is 11.9 Å². The Morgan fingerprint density at radius 3 is 1.50 bits per heavy atom. The van der Waals surface area contributed by atoms with Gasteiger partial charge in [0, 0.05) is 0 Å². The summed E-state index contributed by atoms with van der Waals surface area (Å²) in [6, 6.07) is 0. The number of hydrogen-bond donors (Lipinski definition) is 6. The lowest BCUT2D eigenvalue weighted by molar-refractivity contribution is -0.181. The van der Waals surface area contributed by atoms with Gasteiger partial charge in [-0.15, -0.1) is 0 Å². The third-order valence-corrected chi connectivity index (χ3v) is 1.10. The van der Waals surface area contributed by atoms with E-state index in [-0.39, 0.29) is 0 Å². The fourth-order valence-electron chi connectivity index (χ4n) is 0.495. The minimum absolute atomic E-state index is 1.35. The Bertz CT molecular complexity index is 188. The average molecular weight is 210 g/mol. The van der Waals surface area contributed by atoms with Gasteiger partial charge in [0.05, 0.1) is 0 Å². The first-order chi connectivity index (χ1) is 6.54. The van der Waals surface area contributed by atoms with Crippen LogP contribution >= 0.6 is 0 Å². The molecule has 0 saturated carbocycles. The Morgan fingerprint density at radius 1 is 1.00 bits per heavy atom. The standard InChI is InChI=1S/C4H10N4O6/c5-7-13-3(11)1(9)2(10)4(12)14-8-6/h1-2,7-10H,5-6H2. The molecule has 8 N–H and O–H groups in total. The van der Waals surface area contributed by atoms with Gasteiger partial charge in [0.15, 0.2) is 12.2 Å². The van der Waals surface area contributed by atoms with Crippen LogP contribution in [0.15, 0.2) is 0 Å². The quantitative estimate of drug-likeness (QED) is 0.192. The number of carbonyl (C=O) groups excluding carboxylic acids is 2. The Labute approximate surface area is 77.6 Å². The van der Waals surface area contributed by atoms with Gasteiger partial charge in [-0.3, -0.25) is 0 Å². The van der Waals surface area contributed by atoms with Gasteiger partial charge in [0.2, 0.25) is 0 Å². The van der Waals surface area contributed by atoms with Crippen molar-refractivity contribution in [2.45, 2.75) is 12.2 Å². The summed E-state index contributed by atoms with van der Waals surface area (Å²) in [4.78, 5) is 29.1. The lowest BCUT2D eigenvalue weighted by Gasteiger charge is -2.13. The van der Waals surface area contributed by atoms with Crippen molar-refractivity contribution in [3.8, 4) is 0 Å². The van der Waals surface area contributed by atoms with Gasteiger partial charge < -0.3 is 19.9 Å². The molecule has 0 aliphatic rings. The summed E-state index contributed by atoms with van der Waals surface area (Å²) in [5, 5.41) is 17.8. The van der Waals surface area contributed by atoms with Crippen molar-refractivity contribution in [1.29, 1.82) is 0 Å². The zero-order chi connectivity index (χ0) is 11.1. The van der Waals surface area contributed by atoms with Crippen LogP contribution in [0.5, 0.6) is 0 Å². The molecule has 82 valence electrons. The number of aliphatic hydroxyl groups is 2. The molecule has 0 spiro atoms. The van der Waals surface area contributed by atoms with Crippen molar-refractivity contribution >= 4 is 11.9 Å². The monoisotopic (exact) mass is 210 g/mol. The maximum atomic E-state index is 10.7. The molecule has 0 aliphatic carbocycles. The number of hydrogen-bond acceptors (Lipinski definition) is 10. The summed E-state index contributed by atoms with van der Waals surface area (Å²) in [5.41, 5.74) is 2.92. The second-order valence-electron chi connectivity index (χ2n) is 1.97. The van der Waals surface area contributed by atoms with Crippen LogP contribution in [0.1, 0.15) is 0 Å². The van der Waals surface area contributed by atoms with E-state index in [1.165, 1.54) is 11.2 Å². The molecule has 0 heterocycles. The van der Waals surface area contributed by atoms with Crippen LogP contribution in [0, 0.1) is 0 Å². The van der Waals surface area contributed by atoms with Crippen LogP contribution < -0.4 is 22.9 Å². The number of rotatable bonds is 5. The van der Waals surface area contributed by atoms with Crippen molar-refractivity contribution < 1.29 is 29.5 Å². The summed E-state index contributed by atoms with van der Waals surface area (Å²) in [6.07, 6.45) is -4.27. The number of nitrogens with two attached hydrogens (primary N) is 2. The first kappa shape index (κ1) is 12.7. The van der Waals surface area contributed by atoms with Gasteiger partial charge in [-0.2, -0.15) is 0 Å². The van der Waals surface area contributed by atoms with Crippen molar-refractivity contribution in [3.63, 3.8) is 0 Å². The summed E-state index contributed by atoms with van der Waals surface area (Å²) < 4.78 is 0. The van der Waals surface area contributed by atoms with E-state index in [2.05, 4.69) is 21.4 Å². The normalized spacial score (nSPS) is 14.3. The zero-order valence-corrected chi connectivity index (χ0v) is 6.84. The highest BCUT2D eigenvalue weighted by molar-refractivity contribution is 5.84. The molecule has 2 atom stereocenters. The van der Waals surface area contributed by atoms with Crippen LogP contribution in [0.25, 0.3) is 0 Å². The molecular weight excluding hydrogens is 200 g/mol. The van der Waals surface area contributed by atoms with Gasteiger partial charge in [0.25, 0.3) is 0 Å². The van der Waals surface area contributed by atoms with Crippen molar-refractivity contribution in [3.05, 3.63) is 0 Å². The van der Waals surface area contributed by atoms with Gasteiger partial charge in [-0.05, 0) is 0 Å². The largest absolute Gasteiger partial charge is 0.379 e. The second kappa shape index (κ2) is 6.20. The van der Waals surface area contributed by atoms with Crippen LogP contribution in [0.4, 0.5) is 0 Å². The molecule has 0 rings (SSSR count). The molecule has 10 nitrogen and oxygen atoms in total. The first-order valence-corrected chi connectivity index (χ1v) is 3.23. The van der Waals surface area contributed by atoms with Crippen LogP contribution in [-0.2, 0) is 19.3 Å². The molecule has 0 aromatic heterocycles. The molecule has 0 aliphatic heterocycles. The maximum Gasteiger partial charge on any atom is 0.358 e. The molecule has 0 radical (unpaired) electrons. The van der Waals surface area contributed by atoms with E-state index < -0.39 is 24.1 Å². The summed E-state index contributed by atoms with van der Waals surface area (Å²) in [7, 11) is 0. The van der Waals surface area contributed by atoms with Crippen molar-refractivity contribution in [1.82, 2.24) is 11.2 Å². The Balaban J connectivity index is 4.16. The highest BCUT2D eigenvalue weighted by Gasteiger charge is 2.33. The maximum absolute atomic E-state index is 10.7. The van der Waals surface area contributed by atoms with Gasteiger partial charge in [0.1, 0.15) is 0 Å². The highest BCUT2D eigenvalue weighted by atomic mass is 16.7. The van der Waals surface area contributed by atoms with Gasteiger partial charge in [-0.1, -0.05) is 11.2 Å². The smallest absolute Gasteiger partial charge is 0.358 e. The molecule has 0 aromatic carbocycles. The van der Waals surface area contributed by atoms with Crippen molar-refractivity contribution in [2.24, 2.45) is 11.7 Å². The lowest BCUT2D eigenvalue weighted by Crippen LogP contribution is -2.46.